The van der Waals surface area contributed by atoms with Gasteiger partial charge in [0, 0.05) is 6.07 Å². The smallest absolute Gasteiger partial charge is 0.349 e. The number of para-hydroxylation sites is 2. The highest BCUT2D eigenvalue weighted by molar-refractivity contribution is 6.29. The molecular weight excluding hydrogens is 230 g/mol. The van der Waals surface area contributed by atoms with E-state index in [0.29, 0.717) is 11.4 Å². The molecule has 0 spiro atoms. The molecule has 1 aromatic carbocycles. The molecule has 1 heterocycles. The number of rotatable bonds is 2. The summed E-state index contributed by atoms with van der Waals surface area (Å²) in [6, 6.07) is 8.30. The Labute approximate surface area is 95.8 Å². The minimum atomic E-state index is -0.572. The topological polar surface area (TPSA) is 81.0 Å². The van der Waals surface area contributed by atoms with Gasteiger partial charge in [-0.1, -0.05) is 23.7 Å². The molecule has 0 atom stereocenters. The molecule has 2 rings (SSSR count). The van der Waals surface area contributed by atoms with E-state index in [1.54, 1.807) is 24.3 Å². The second-order valence-corrected chi connectivity index (χ2v) is 3.42. The van der Waals surface area contributed by atoms with Crippen molar-refractivity contribution in [2.75, 3.05) is 5.73 Å². The first kappa shape index (κ1) is 10.5. The van der Waals surface area contributed by atoms with Crippen LogP contribution in [0.4, 0.5) is 5.69 Å². The molecule has 1 aromatic heterocycles. The predicted octanol–water partition coefficient (Wildman–Crippen LogP) is 1.80. The molecule has 0 unspecified atom stereocenters. The first-order valence-electron chi connectivity index (χ1n) is 4.44. The van der Waals surface area contributed by atoms with Gasteiger partial charge in [0.15, 0.2) is 5.75 Å². The molecule has 0 radical (unpaired) electrons. The maximum Gasteiger partial charge on any atom is 0.349 e. The van der Waals surface area contributed by atoms with E-state index in [-0.39, 0.29) is 11.0 Å². The Kier molecular flexibility index (Phi) is 2.78. The maximum atomic E-state index is 11.0. The molecule has 0 aliphatic carbocycles. The first-order valence-corrected chi connectivity index (χ1v) is 4.82. The van der Waals surface area contributed by atoms with Crippen molar-refractivity contribution in [3.05, 3.63) is 46.0 Å². The van der Waals surface area contributed by atoms with E-state index in [9.17, 15) is 4.79 Å². The minimum Gasteiger partial charge on any atom is -0.437 e. The SMILES string of the molecule is Nc1ccccc1Oc1cc(Cl)[nH]c(=O)n1. The van der Waals surface area contributed by atoms with Crippen molar-refractivity contribution in [1.82, 2.24) is 9.97 Å². The Bertz CT molecular complexity index is 568. The van der Waals surface area contributed by atoms with Crippen LogP contribution in [0, 0.1) is 0 Å². The molecule has 6 heteroatoms. The largest absolute Gasteiger partial charge is 0.437 e. The van der Waals surface area contributed by atoms with Crippen molar-refractivity contribution in [2.24, 2.45) is 0 Å². The van der Waals surface area contributed by atoms with Crippen LogP contribution in [0.5, 0.6) is 11.6 Å². The van der Waals surface area contributed by atoms with Crippen LogP contribution in [0.3, 0.4) is 0 Å². The molecule has 0 aliphatic heterocycles. The molecule has 0 bridgehead atoms. The third kappa shape index (κ3) is 2.32. The Hall–Kier alpha value is -2.01. The summed E-state index contributed by atoms with van der Waals surface area (Å²) < 4.78 is 5.33. The lowest BCUT2D eigenvalue weighted by Gasteiger charge is -2.06. The standard InChI is InChI=1S/C10H8ClN3O2/c11-8-5-9(14-10(15)13-8)16-7-4-2-1-3-6(7)12/h1-5H,12H2,(H,13,14,15). The van der Waals surface area contributed by atoms with Crippen LogP contribution in [-0.2, 0) is 0 Å². The number of nitrogens with zero attached hydrogens (tertiary/aromatic N) is 1. The van der Waals surface area contributed by atoms with Gasteiger partial charge in [0.05, 0.1) is 5.69 Å². The summed E-state index contributed by atoms with van der Waals surface area (Å²) in [7, 11) is 0. The Morgan fingerprint density at radius 1 is 1.38 bits per heavy atom. The number of H-pyrrole nitrogens is 1. The van der Waals surface area contributed by atoms with Gasteiger partial charge in [0.25, 0.3) is 0 Å². The Morgan fingerprint density at radius 3 is 2.81 bits per heavy atom. The normalized spacial score (nSPS) is 10.1. The van der Waals surface area contributed by atoms with Crippen LogP contribution in [-0.4, -0.2) is 9.97 Å². The summed E-state index contributed by atoms with van der Waals surface area (Å²) in [5, 5.41) is 0.157. The molecule has 2 aromatic rings. The van der Waals surface area contributed by atoms with Crippen molar-refractivity contribution < 1.29 is 4.74 Å². The summed E-state index contributed by atoms with van der Waals surface area (Å²) in [6.07, 6.45) is 0. The summed E-state index contributed by atoms with van der Waals surface area (Å²) in [4.78, 5) is 16.9. The zero-order valence-corrected chi connectivity index (χ0v) is 8.86. The van der Waals surface area contributed by atoms with E-state index in [1.807, 2.05) is 0 Å². The van der Waals surface area contributed by atoms with Gasteiger partial charge in [-0.15, -0.1) is 0 Å². The number of nitrogens with one attached hydrogen (secondary N) is 1. The summed E-state index contributed by atoms with van der Waals surface area (Å²) >= 11 is 5.65. The van der Waals surface area contributed by atoms with Crippen LogP contribution < -0.4 is 16.2 Å². The van der Waals surface area contributed by atoms with Gasteiger partial charge >= 0.3 is 5.69 Å². The molecule has 3 N–H and O–H groups in total. The summed E-state index contributed by atoms with van der Waals surface area (Å²) in [6.45, 7) is 0. The Morgan fingerprint density at radius 2 is 2.12 bits per heavy atom. The fourth-order valence-corrected chi connectivity index (χ4v) is 1.32. The van der Waals surface area contributed by atoms with Crippen LogP contribution in [0.15, 0.2) is 35.1 Å². The molecule has 0 saturated carbocycles. The van der Waals surface area contributed by atoms with Crippen molar-refractivity contribution in [1.29, 1.82) is 0 Å². The van der Waals surface area contributed by atoms with E-state index in [1.165, 1.54) is 6.07 Å². The van der Waals surface area contributed by atoms with Gasteiger partial charge in [-0.3, -0.25) is 4.98 Å². The van der Waals surface area contributed by atoms with Crippen molar-refractivity contribution in [3.63, 3.8) is 0 Å². The van der Waals surface area contributed by atoms with E-state index in [0.717, 1.165) is 0 Å². The van der Waals surface area contributed by atoms with Gasteiger partial charge in [-0.05, 0) is 12.1 Å². The van der Waals surface area contributed by atoms with E-state index < -0.39 is 5.69 Å². The average Bonchev–Trinajstić information content (AvgIpc) is 2.20. The van der Waals surface area contributed by atoms with Crippen LogP contribution in [0.2, 0.25) is 5.15 Å². The predicted molar refractivity (Wildman–Crippen MR) is 60.8 cm³/mol. The highest BCUT2D eigenvalue weighted by Crippen LogP contribution is 2.25. The molecule has 82 valence electrons. The number of nitrogens with two attached hydrogens (primary N) is 1. The molecule has 0 saturated heterocycles. The van der Waals surface area contributed by atoms with Gasteiger partial charge in [-0.2, -0.15) is 4.98 Å². The number of hydrogen-bond acceptors (Lipinski definition) is 4. The number of aromatic nitrogens is 2. The number of halogens is 1. The van der Waals surface area contributed by atoms with Gasteiger partial charge in [0.2, 0.25) is 5.88 Å². The highest BCUT2D eigenvalue weighted by atomic mass is 35.5. The fraction of sp³-hybridized carbons (Fsp3) is 0. The summed E-state index contributed by atoms with van der Waals surface area (Å²) in [5.41, 5.74) is 5.56. The number of nitrogen functional groups attached to an aromatic ring is 1. The van der Waals surface area contributed by atoms with Crippen molar-refractivity contribution >= 4 is 17.3 Å². The third-order valence-electron chi connectivity index (χ3n) is 1.82. The fourth-order valence-electron chi connectivity index (χ4n) is 1.15. The minimum absolute atomic E-state index is 0.103. The second-order valence-electron chi connectivity index (χ2n) is 3.01. The van der Waals surface area contributed by atoms with Crippen LogP contribution in [0.25, 0.3) is 0 Å². The van der Waals surface area contributed by atoms with Crippen LogP contribution >= 0.6 is 11.6 Å². The summed E-state index contributed by atoms with van der Waals surface area (Å²) in [5.74, 6) is 0.531. The maximum absolute atomic E-state index is 11.0. The van der Waals surface area contributed by atoms with Crippen molar-refractivity contribution in [2.45, 2.75) is 0 Å². The molecule has 16 heavy (non-hydrogen) atoms. The molecule has 5 nitrogen and oxygen atoms in total. The third-order valence-corrected chi connectivity index (χ3v) is 2.03. The lowest BCUT2D eigenvalue weighted by atomic mass is 10.3. The number of hydrogen-bond donors (Lipinski definition) is 2. The zero-order chi connectivity index (χ0) is 11.5. The Balaban J connectivity index is 2.34. The number of anilines is 1. The lowest BCUT2D eigenvalue weighted by Crippen LogP contribution is -2.10. The van der Waals surface area contributed by atoms with Gasteiger partial charge in [0.1, 0.15) is 5.15 Å². The first-order chi connectivity index (χ1) is 7.65. The average molecular weight is 238 g/mol. The monoisotopic (exact) mass is 237 g/mol. The number of benzene rings is 1. The molecular formula is C10H8ClN3O2. The number of ether oxygens (including phenoxy) is 1. The van der Waals surface area contributed by atoms with E-state index in [2.05, 4.69) is 9.97 Å². The second kappa shape index (κ2) is 4.24. The molecule has 0 amide bonds. The van der Waals surface area contributed by atoms with Gasteiger partial charge < -0.3 is 10.5 Å². The lowest BCUT2D eigenvalue weighted by molar-refractivity contribution is 0.461. The quantitative estimate of drug-likeness (QED) is 0.616. The molecule has 0 aliphatic rings. The zero-order valence-electron chi connectivity index (χ0n) is 8.11. The van der Waals surface area contributed by atoms with E-state index in [4.69, 9.17) is 22.1 Å². The molecule has 0 fully saturated rings. The van der Waals surface area contributed by atoms with E-state index >= 15 is 0 Å². The number of aromatic amines is 1. The van der Waals surface area contributed by atoms with Crippen LogP contribution in [0.1, 0.15) is 0 Å². The highest BCUT2D eigenvalue weighted by Gasteiger charge is 2.04. The van der Waals surface area contributed by atoms with Crippen molar-refractivity contribution in [3.8, 4) is 11.6 Å². The van der Waals surface area contributed by atoms with Gasteiger partial charge in [-0.25, -0.2) is 4.79 Å².